The van der Waals surface area contributed by atoms with Gasteiger partial charge in [0.1, 0.15) is 12.0 Å². The van der Waals surface area contributed by atoms with Gasteiger partial charge in [-0.15, -0.1) is 0 Å². The predicted octanol–water partition coefficient (Wildman–Crippen LogP) is 3.11. The van der Waals surface area contributed by atoms with Gasteiger partial charge in [-0.25, -0.2) is 0 Å². The Labute approximate surface area is 81.2 Å². The van der Waals surface area contributed by atoms with Gasteiger partial charge in [-0.2, -0.15) is 0 Å². The Morgan fingerprint density at radius 1 is 1.64 bits per heavy atom. The molecule has 0 aromatic carbocycles. The third-order valence-corrected chi connectivity index (χ3v) is 3.03. The molecule has 0 spiro atoms. The zero-order chi connectivity index (χ0) is 8.43. The number of aldehydes is 1. The number of carbonyl (C=O) groups excluding carboxylic acids is 1. The number of rotatable bonds is 2. The lowest BCUT2D eigenvalue weighted by atomic mass is 10.1. The second-order valence-electron chi connectivity index (χ2n) is 2.20. The molecular formula is C7H6Br2O2. The lowest BCUT2D eigenvalue weighted by Crippen LogP contribution is -1.90. The van der Waals surface area contributed by atoms with E-state index in [0.717, 1.165) is 10.8 Å². The van der Waals surface area contributed by atoms with Crippen LogP contribution in [0.15, 0.2) is 19.6 Å². The van der Waals surface area contributed by atoms with Crippen molar-refractivity contribution in [2.24, 2.45) is 0 Å². The first-order chi connectivity index (χ1) is 5.15. The summed E-state index contributed by atoms with van der Waals surface area (Å²) in [5.41, 5.74) is 0. The molecule has 1 heterocycles. The standard InChI is InChI=1S/C7H6Br2O2/c1-4(3-10)6-2-5(8)7(9)11-6/h2-4H,1H3. The van der Waals surface area contributed by atoms with Crippen molar-refractivity contribution in [1.82, 2.24) is 0 Å². The Hall–Kier alpha value is -0.0900. The van der Waals surface area contributed by atoms with Crippen molar-refractivity contribution < 1.29 is 9.21 Å². The Morgan fingerprint density at radius 2 is 2.27 bits per heavy atom. The fourth-order valence-corrected chi connectivity index (χ4v) is 1.26. The molecule has 1 aromatic heterocycles. The van der Waals surface area contributed by atoms with Gasteiger partial charge in [-0.05, 0) is 44.8 Å². The monoisotopic (exact) mass is 280 g/mol. The van der Waals surface area contributed by atoms with E-state index in [1.54, 1.807) is 13.0 Å². The summed E-state index contributed by atoms with van der Waals surface area (Å²) in [4.78, 5) is 10.3. The highest BCUT2D eigenvalue weighted by Crippen LogP contribution is 2.29. The normalized spacial score (nSPS) is 13.0. The molecule has 60 valence electrons. The average molecular weight is 282 g/mol. The molecule has 0 saturated carbocycles. The largest absolute Gasteiger partial charge is 0.452 e. The molecule has 0 aliphatic rings. The van der Waals surface area contributed by atoms with Crippen molar-refractivity contribution in [1.29, 1.82) is 0 Å². The summed E-state index contributed by atoms with van der Waals surface area (Å²) in [5.74, 6) is 0.483. The van der Waals surface area contributed by atoms with Crippen molar-refractivity contribution in [3.63, 3.8) is 0 Å². The van der Waals surface area contributed by atoms with Crippen LogP contribution >= 0.6 is 31.9 Å². The summed E-state index contributed by atoms with van der Waals surface area (Å²) >= 11 is 6.44. The molecule has 0 aliphatic carbocycles. The molecule has 0 saturated heterocycles. The highest BCUT2D eigenvalue weighted by molar-refractivity contribution is 9.13. The van der Waals surface area contributed by atoms with E-state index in [1.165, 1.54) is 0 Å². The van der Waals surface area contributed by atoms with E-state index in [0.29, 0.717) is 10.4 Å². The van der Waals surface area contributed by atoms with E-state index in [9.17, 15) is 4.79 Å². The van der Waals surface area contributed by atoms with Crippen molar-refractivity contribution in [3.8, 4) is 0 Å². The number of halogens is 2. The van der Waals surface area contributed by atoms with Gasteiger partial charge in [0.15, 0.2) is 4.67 Å². The molecule has 1 unspecified atom stereocenters. The van der Waals surface area contributed by atoms with E-state index in [-0.39, 0.29) is 5.92 Å². The maximum Gasteiger partial charge on any atom is 0.183 e. The molecule has 1 rings (SSSR count). The summed E-state index contributed by atoms with van der Waals surface area (Å²) in [6.07, 6.45) is 0.845. The van der Waals surface area contributed by atoms with Crippen LogP contribution in [-0.2, 0) is 4.79 Å². The number of furan rings is 1. The molecule has 0 amide bonds. The number of hydrogen-bond donors (Lipinski definition) is 0. The van der Waals surface area contributed by atoms with Crippen molar-refractivity contribution in [2.75, 3.05) is 0 Å². The molecule has 0 N–H and O–H groups in total. The number of hydrogen-bond acceptors (Lipinski definition) is 2. The maximum absolute atomic E-state index is 10.3. The minimum Gasteiger partial charge on any atom is -0.452 e. The SMILES string of the molecule is CC(C=O)c1cc(Br)c(Br)o1. The minimum absolute atomic E-state index is 0.183. The van der Waals surface area contributed by atoms with E-state index >= 15 is 0 Å². The van der Waals surface area contributed by atoms with Gasteiger partial charge in [-0.3, -0.25) is 0 Å². The molecule has 0 aliphatic heterocycles. The van der Waals surface area contributed by atoms with Crippen LogP contribution in [0.1, 0.15) is 18.6 Å². The van der Waals surface area contributed by atoms with Crippen molar-refractivity contribution in [2.45, 2.75) is 12.8 Å². The number of carbonyl (C=O) groups is 1. The molecule has 1 atom stereocenters. The van der Waals surface area contributed by atoms with Gasteiger partial charge in [0.25, 0.3) is 0 Å². The third kappa shape index (κ3) is 1.93. The lowest BCUT2D eigenvalue weighted by Gasteiger charge is -1.94. The Kier molecular flexibility index (Phi) is 2.90. The molecule has 0 bridgehead atoms. The smallest absolute Gasteiger partial charge is 0.183 e. The van der Waals surface area contributed by atoms with E-state index in [4.69, 9.17) is 4.42 Å². The second-order valence-corrected chi connectivity index (χ2v) is 3.77. The predicted molar refractivity (Wildman–Crippen MR) is 48.6 cm³/mol. The summed E-state index contributed by atoms with van der Waals surface area (Å²) < 4.78 is 6.67. The van der Waals surface area contributed by atoms with Gasteiger partial charge in [0.2, 0.25) is 0 Å². The highest BCUT2D eigenvalue weighted by Gasteiger charge is 2.11. The van der Waals surface area contributed by atoms with Crippen LogP contribution in [0.5, 0.6) is 0 Å². The van der Waals surface area contributed by atoms with E-state index in [1.807, 2.05) is 0 Å². The summed E-state index contributed by atoms with van der Waals surface area (Å²) in [5, 5.41) is 0. The second kappa shape index (κ2) is 3.54. The van der Waals surface area contributed by atoms with Gasteiger partial charge < -0.3 is 9.21 Å². The van der Waals surface area contributed by atoms with Crippen LogP contribution in [-0.4, -0.2) is 6.29 Å². The molecule has 0 fully saturated rings. The van der Waals surface area contributed by atoms with E-state index < -0.39 is 0 Å². The summed E-state index contributed by atoms with van der Waals surface area (Å²) in [7, 11) is 0. The maximum atomic E-state index is 10.3. The third-order valence-electron chi connectivity index (χ3n) is 1.32. The summed E-state index contributed by atoms with van der Waals surface area (Å²) in [6.45, 7) is 1.78. The fourth-order valence-electron chi connectivity index (χ4n) is 0.655. The Bertz CT molecular complexity index is 248. The first kappa shape index (κ1) is 9.00. The lowest BCUT2D eigenvalue weighted by molar-refractivity contribution is -0.109. The van der Waals surface area contributed by atoms with E-state index in [2.05, 4.69) is 31.9 Å². The van der Waals surface area contributed by atoms with Gasteiger partial charge in [-0.1, -0.05) is 0 Å². The van der Waals surface area contributed by atoms with Gasteiger partial charge in [0.05, 0.1) is 10.4 Å². The van der Waals surface area contributed by atoms with Gasteiger partial charge >= 0.3 is 0 Å². The topological polar surface area (TPSA) is 30.2 Å². The van der Waals surface area contributed by atoms with Crippen molar-refractivity contribution >= 4 is 38.1 Å². The molecule has 2 nitrogen and oxygen atoms in total. The first-order valence-corrected chi connectivity index (χ1v) is 4.63. The Balaban J connectivity index is 2.96. The molecule has 0 radical (unpaired) electrons. The van der Waals surface area contributed by atoms with Crippen LogP contribution in [0.2, 0.25) is 0 Å². The summed E-state index contributed by atoms with van der Waals surface area (Å²) in [6, 6.07) is 1.78. The molecule has 11 heavy (non-hydrogen) atoms. The average Bonchev–Trinajstić information content (AvgIpc) is 2.31. The van der Waals surface area contributed by atoms with Crippen LogP contribution < -0.4 is 0 Å². The Morgan fingerprint density at radius 3 is 2.64 bits per heavy atom. The van der Waals surface area contributed by atoms with Crippen LogP contribution in [0.4, 0.5) is 0 Å². The molecule has 4 heteroatoms. The molecular weight excluding hydrogens is 276 g/mol. The van der Waals surface area contributed by atoms with Crippen molar-refractivity contribution in [3.05, 3.63) is 21.0 Å². The first-order valence-electron chi connectivity index (χ1n) is 3.05. The van der Waals surface area contributed by atoms with Gasteiger partial charge in [0, 0.05) is 0 Å². The zero-order valence-corrected chi connectivity index (χ0v) is 8.98. The zero-order valence-electron chi connectivity index (χ0n) is 5.80. The minimum atomic E-state index is -0.183. The quantitative estimate of drug-likeness (QED) is 0.780. The molecule has 1 aromatic rings. The van der Waals surface area contributed by atoms with Crippen LogP contribution in [0, 0.1) is 0 Å². The highest BCUT2D eigenvalue weighted by atomic mass is 79.9. The van der Waals surface area contributed by atoms with Crippen LogP contribution in [0.3, 0.4) is 0 Å². The fraction of sp³-hybridized carbons (Fsp3) is 0.286. The van der Waals surface area contributed by atoms with Crippen LogP contribution in [0.25, 0.3) is 0 Å².